The molecular formula is C13H10BrN3OS. The fourth-order valence-electron chi connectivity index (χ4n) is 1.91. The zero-order chi connectivity index (χ0) is 13.4. The highest BCUT2D eigenvalue weighted by molar-refractivity contribution is 9.10. The molecule has 0 aliphatic rings. The van der Waals surface area contributed by atoms with Gasteiger partial charge in [0.1, 0.15) is 5.82 Å². The lowest BCUT2D eigenvalue weighted by Gasteiger charge is -2.04. The Balaban J connectivity index is 2.22. The SMILES string of the molecule is COc1ccc(-c2csc3c(Br)cnc(N)c23)cn1. The van der Waals surface area contributed by atoms with Crippen LogP contribution in [0.4, 0.5) is 5.82 Å². The Morgan fingerprint density at radius 1 is 1.26 bits per heavy atom. The zero-order valence-electron chi connectivity index (χ0n) is 10.1. The average Bonchev–Trinajstić information content (AvgIpc) is 2.89. The molecule has 4 nitrogen and oxygen atoms in total. The molecule has 0 fully saturated rings. The van der Waals surface area contributed by atoms with Gasteiger partial charge in [-0.05, 0) is 22.0 Å². The van der Waals surface area contributed by atoms with E-state index >= 15 is 0 Å². The van der Waals surface area contributed by atoms with Crippen LogP contribution in [0.5, 0.6) is 5.88 Å². The van der Waals surface area contributed by atoms with E-state index in [4.69, 9.17) is 10.5 Å². The molecule has 0 saturated carbocycles. The summed E-state index contributed by atoms with van der Waals surface area (Å²) in [5.41, 5.74) is 8.04. The van der Waals surface area contributed by atoms with Crippen LogP contribution in [0, 0.1) is 0 Å². The number of pyridine rings is 2. The van der Waals surface area contributed by atoms with E-state index in [0.717, 1.165) is 25.7 Å². The predicted octanol–water partition coefficient (Wildman–Crippen LogP) is 3.71. The lowest BCUT2D eigenvalue weighted by molar-refractivity contribution is 0.398. The number of nitrogens with zero attached hydrogens (tertiary/aromatic N) is 2. The van der Waals surface area contributed by atoms with Crippen molar-refractivity contribution >= 4 is 43.2 Å². The number of hydrogen-bond donors (Lipinski definition) is 1. The van der Waals surface area contributed by atoms with Crippen molar-refractivity contribution in [2.24, 2.45) is 0 Å². The first kappa shape index (κ1) is 12.4. The van der Waals surface area contributed by atoms with Crippen molar-refractivity contribution in [2.75, 3.05) is 12.8 Å². The van der Waals surface area contributed by atoms with Gasteiger partial charge in [-0.2, -0.15) is 0 Å². The molecule has 0 amide bonds. The van der Waals surface area contributed by atoms with Gasteiger partial charge in [-0.1, -0.05) is 0 Å². The van der Waals surface area contributed by atoms with E-state index in [2.05, 4.69) is 31.3 Å². The van der Waals surface area contributed by atoms with Crippen LogP contribution in [0.2, 0.25) is 0 Å². The molecule has 6 heteroatoms. The number of hydrogen-bond acceptors (Lipinski definition) is 5. The molecule has 3 aromatic rings. The lowest BCUT2D eigenvalue weighted by Crippen LogP contribution is -1.91. The van der Waals surface area contributed by atoms with Crippen molar-refractivity contribution in [3.8, 4) is 17.0 Å². The molecule has 0 aromatic carbocycles. The molecule has 0 bridgehead atoms. The number of halogens is 1. The molecule has 3 rings (SSSR count). The summed E-state index contributed by atoms with van der Waals surface area (Å²) in [5.74, 6) is 1.13. The lowest BCUT2D eigenvalue weighted by atomic mass is 10.1. The third-order valence-corrected chi connectivity index (χ3v) is 4.71. The normalized spacial score (nSPS) is 10.8. The Bertz CT molecular complexity index is 739. The minimum Gasteiger partial charge on any atom is -0.481 e. The van der Waals surface area contributed by atoms with Gasteiger partial charge in [-0.15, -0.1) is 11.3 Å². The van der Waals surface area contributed by atoms with Gasteiger partial charge < -0.3 is 10.5 Å². The molecule has 0 spiro atoms. The van der Waals surface area contributed by atoms with E-state index in [1.807, 2.05) is 12.1 Å². The number of rotatable bonds is 2. The molecule has 96 valence electrons. The van der Waals surface area contributed by atoms with Crippen molar-refractivity contribution < 1.29 is 4.74 Å². The van der Waals surface area contributed by atoms with E-state index < -0.39 is 0 Å². The number of aromatic nitrogens is 2. The van der Waals surface area contributed by atoms with Crippen molar-refractivity contribution in [3.05, 3.63) is 34.4 Å². The standard InChI is InChI=1S/C13H10BrN3OS/c1-18-10-3-2-7(4-16-10)8-6-19-12-9(14)5-17-13(15)11(8)12/h2-6H,1H3,(H2,15,17). The van der Waals surface area contributed by atoms with Crippen LogP contribution in [0.15, 0.2) is 34.4 Å². The molecule has 3 aromatic heterocycles. The van der Waals surface area contributed by atoms with Gasteiger partial charge in [0.25, 0.3) is 0 Å². The Kier molecular flexibility index (Phi) is 3.12. The van der Waals surface area contributed by atoms with E-state index in [9.17, 15) is 0 Å². The molecule has 0 atom stereocenters. The Labute approximate surface area is 122 Å². The van der Waals surface area contributed by atoms with Crippen LogP contribution in [0.3, 0.4) is 0 Å². The molecule has 0 aliphatic heterocycles. The number of nitrogens with two attached hydrogens (primary N) is 1. The third kappa shape index (κ3) is 2.06. The quantitative estimate of drug-likeness (QED) is 0.775. The van der Waals surface area contributed by atoms with E-state index in [-0.39, 0.29) is 0 Å². The molecular weight excluding hydrogens is 326 g/mol. The Morgan fingerprint density at radius 3 is 2.79 bits per heavy atom. The third-order valence-electron chi connectivity index (χ3n) is 2.84. The summed E-state index contributed by atoms with van der Waals surface area (Å²) in [5, 5.41) is 3.03. The second-order valence-corrected chi connectivity index (χ2v) is 5.67. The summed E-state index contributed by atoms with van der Waals surface area (Å²) in [7, 11) is 1.60. The number of fused-ring (bicyclic) bond motifs is 1. The maximum Gasteiger partial charge on any atom is 0.212 e. The number of thiophene rings is 1. The second kappa shape index (κ2) is 4.79. The summed E-state index contributed by atoms with van der Waals surface area (Å²) in [6.45, 7) is 0. The van der Waals surface area contributed by atoms with Crippen LogP contribution < -0.4 is 10.5 Å². The molecule has 0 unspecified atom stereocenters. The molecule has 0 saturated heterocycles. The van der Waals surface area contributed by atoms with Crippen molar-refractivity contribution in [2.45, 2.75) is 0 Å². The Morgan fingerprint density at radius 2 is 2.11 bits per heavy atom. The van der Waals surface area contributed by atoms with E-state index in [1.165, 1.54) is 0 Å². The number of anilines is 1. The maximum absolute atomic E-state index is 5.99. The van der Waals surface area contributed by atoms with Crippen molar-refractivity contribution in [1.82, 2.24) is 9.97 Å². The van der Waals surface area contributed by atoms with Gasteiger partial charge in [-0.25, -0.2) is 9.97 Å². The summed E-state index contributed by atoms with van der Waals surface area (Å²) in [6.07, 6.45) is 3.50. The molecule has 2 N–H and O–H groups in total. The minimum atomic E-state index is 0.533. The van der Waals surface area contributed by atoms with Crippen molar-refractivity contribution in [3.63, 3.8) is 0 Å². The highest BCUT2D eigenvalue weighted by atomic mass is 79.9. The first-order valence-corrected chi connectivity index (χ1v) is 7.19. The fraction of sp³-hybridized carbons (Fsp3) is 0.0769. The van der Waals surface area contributed by atoms with Crippen LogP contribution in [-0.4, -0.2) is 17.1 Å². The van der Waals surface area contributed by atoms with Crippen LogP contribution in [0.25, 0.3) is 21.2 Å². The predicted molar refractivity (Wildman–Crippen MR) is 81.5 cm³/mol. The summed E-state index contributed by atoms with van der Waals surface area (Å²) in [6, 6.07) is 3.80. The van der Waals surface area contributed by atoms with Crippen LogP contribution in [0.1, 0.15) is 0 Å². The summed E-state index contributed by atoms with van der Waals surface area (Å²) >= 11 is 5.13. The highest BCUT2D eigenvalue weighted by Crippen LogP contribution is 2.39. The van der Waals surface area contributed by atoms with Crippen molar-refractivity contribution in [1.29, 1.82) is 0 Å². The van der Waals surface area contributed by atoms with Crippen LogP contribution in [-0.2, 0) is 0 Å². The highest BCUT2D eigenvalue weighted by Gasteiger charge is 2.13. The molecule has 3 heterocycles. The minimum absolute atomic E-state index is 0.533. The average molecular weight is 336 g/mol. The fourth-order valence-corrected chi connectivity index (χ4v) is 3.48. The van der Waals surface area contributed by atoms with Crippen LogP contribution >= 0.6 is 27.3 Å². The molecule has 0 aliphatic carbocycles. The molecule has 0 radical (unpaired) electrons. The van der Waals surface area contributed by atoms with E-state index in [1.54, 1.807) is 30.8 Å². The van der Waals surface area contributed by atoms with Gasteiger partial charge in [0.05, 0.1) is 16.3 Å². The summed E-state index contributed by atoms with van der Waals surface area (Å²) < 4.78 is 7.11. The molecule has 19 heavy (non-hydrogen) atoms. The first-order chi connectivity index (χ1) is 9.20. The van der Waals surface area contributed by atoms with Gasteiger partial charge in [0.15, 0.2) is 0 Å². The largest absolute Gasteiger partial charge is 0.481 e. The van der Waals surface area contributed by atoms with Gasteiger partial charge in [-0.3, -0.25) is 0 Å². The van der Waals surface area contributed by atoms with Gasteiger partial charge >= 0.3 is 0 Å². The first-order valence-electron chi connectivity index (χ1n) is 5.52. The Hall–Kier alpha value is -1.66. The second-order valence-electron chi connectivity index (χ2n) is 3.93. The number of nitrogen functional groups attached to an aromatic ring is 1. The maximum atomic E-state index is 5.99. The number of ether oxygens (including phenoxy) is 1. The smallest absolute Gasteiger partial charge is 0.212 e. The summed E-state index contributed by atoms with van der Waals surface area (Å²) in [4.78, 5) is 8.41. The van der Waals surface area contributed by atoms with Gasteiger partial charge in [0, 0.05) is 40.4 Å². The van der Waals surface area contributed by atoms with Gasteiger partial charge in [0.2, 0.25) is 5.88 Å². The zero-order valence-corrected chi connectivity index (χ0v) is 12.5. The number of methoxy groups -OCH3 is 1. The monoisotopic (exact) mass is 335 g/mol. The van der Waals surface area contributed by atoms with E-state index in [0.29, 0.717) is 11.7 Å². The topological polar surface area (TPSA) is 61.0 Å².